The third kappa shape index (κ3) is 8.31. The van der Waals surface area contributed by atoms with E-state index in [1.54, 1.807) is 0 Å². The van der Waals surface area contributed by atoms with Crippen molar-refractivity contribution < 1.29 is 109 Å². The second-order valence-electron chi connectivity index (χ2n) is 13.7. The molecular formula is C35H43O22+. The van der Waals surface area contributed by atoms with Gasteiger partial charge >= 0.3 is 17.3 Å². The number of benzene rings is 2. The van der Waals surface area contributed by atoms with Crippen molar-refractivity contribution in [2.75, 3.05) is 13.2 Å². The maximum atomic E-state index is 11.6. The minimum atomic E-state index is -2.00. The van der Waals surface area contributed by atoms with E-state index < -0.39 is 140 Å². The molecule has 22 heteroatoms. The number of phenolic OH excluding ortho intramolecular Hbond substituents is 4. The quantitative estimate of drug-likeness (QED) is 0.0550. The summed E-state index contributed by atoms with van der Waals surface area (Å²) in [5.41, 5.74) is -0.384. The smallest absolute Gasteiger partial charge is 0.402 e. The Bertz CT molecular complexity index is 1890. The van der Waals surface area contributed by atoms with Crippen molar-refractivity contribution in [1.29, 1.82) is 0 Å². The Kier molecular flexibility index (Phi) is 12.5. The Hall–Kier alpha value is -4.40. The van der Waals surface area contributed by atoms with E-state index in [2.05, 4.69) is 0 Å². The number of aliphatic hydroxyl groups excluding tert-OH is 9. The molecule has 0 bridgehead atoms. The molecule has 0 saturated carbocycles. The summed E-state index contributed by atoms with van der Waals surface area (Å²) >= 11 is 0. The van der Waals surface area contributed by atoms with Crippen LogP contribution in [-0.4, -0.2) is 178 Å². The number of carbonyl (C=O) groups excluding carboxylic acids is 1. The summed E-state index contributed by atoms with van der Waals surface area (Å²) in [6.07, 6.45) is -25.7. The summed E-state index contributed by atoms with van der Waals surface area (Å²) in [6, 6.07) is 5.24. The molecule has 0 aliphatic carbocycles. The minimum absolute atomic E-state index is 0.0691. The molecule has 0 unspecified atom stereocenters. The molecule has 2 aromatic carbocycles. The fourth-order valence-corrected chi connectivity index (χ4v) is 6.63. The monoisotopic (exact) mass is 815 g/mol. The van der Waals surface area contributed by atoms with Crippen LogP contribution in [0.25, 0.3) is 22.3 Å². The van der Waals surface area contributed by atoms with Crippen LogP contribution >= 0.6 is 0 Å². The number of rotatable bonds is 10. The van der Waals surface area contributed by atoms with Crippen LogP contribution in [0.5, 0.6) is 34.5 Å². The highest BCUT2D eigenvalue weighted by Crippen LogP contribution is 2.46. The molecule has 314 valence electrons. The number of aromatic hydroxyl groups is 4. The maximum absolute atomic E-state index is 11.6. The summed E-state index contributed by atoms with van der Waals surface area (Å²) in [6.45, 7) is 0.808. The van der Waals surface area contributed by atoms with E-state index in [-0.39, 0.29) is 28.0 Å². The molecule has 3 fully saturated rings. The third-order valence-electron chi connectivity index (χ3n) is 9.66. The predicted molar refractivity (Wildman–Crippen MR) is 182 cm³/mol. The van der Waals surface area contributed by atoms with E-state index in [1.807, 2.05) is 0 Å². The fourth-order valence-electron chi connectivity index (χ4n) is 6.63. The van der Waals surface area contributed by atoms with E-state index in [1.165, 1.54) is 13.0 Å². The Labute approximate surface area is 321 Å². The van der Waals surface area contributed by atoms with Crippen LogP contribution in [0.4, 0.5) is 0 Å². The number of phenols is 4. The number of aliphatic hydroxyl groups is 9. The summed E-state index contributed by atoms with van der Waals surface area (Å²) in [4.78, 5) is 11.6. The average Bonchev–Trinajstić information content (AvgIpc) is 3.16. The van der Waals surface area contributed by atoms with Crippen LogP contribution in [0, 0.1) is 0 Å². The van der Waals surface area contributed by atoms with Gasteiger partial charge in [-0.15, -0.1) is 0 Å². The van der Waals surface area contributed by atoms with Gasteiger partial charge in [-0.25, -0.2) is 4.42 Å². The van der Waals surface area contributed by atoms with Crippen LogP contribution in [-0.2, 0) is 28.5 Å². The molecule has 13 N–H and O–H groups in total. The number of hydrogen-bond acceptors (Lipinski definition) is 21. The first-order valence-corrected chi connectivity index (χ1v) is 17.4. The Morgan fingerprint density at radius 3 is 1.84 bits per heavy atom. The summed E-state index contributed by atoms with van der Waals surface area (Å²) in [7, 11) is 0. The third-order valence-corrected chi connectivity index (χ3v) is 9.66. The van der Waals surface area contributed by atoms with Gasteiger partial charge in [-0.05, 0) is 6.92 Å². The highest BCUT2D eigenvalue weighted by molar-refractivity contribution is 5.89. The van der Waals surface area contributed by atoms with Gasteiger partial charge < -0.3 is 99.5 Å². The van der Waals surface area contributed by atoms with E-state index in [0.717, 1.165) is 31.2 Å². The van der Waals surface area contributed by atoms with Crippen molar-refractivity contribution in [3.63, 3.8) is 0 Å². The Morgan fingerprint density at radius 1 is 0.667 bits per heavy atom. The van der Waals surface area contributed by atoms with Crippen LogP contribution < -0.4 is 9.47 Å². The second-order valence-corrected chi connectivity index (χ2v) is 13.7. The molecule has 3 aromatic rings. The zero-order valence-corrected chi connectivity index (χ0v) is 29.9. The molecule has 6 rings (SSSR count). The van der Waals surface area contributed by atoms with Gasteiger partial charge in [-0.3, -0.25) is 4.79 Å². The molecule has 0 spiro atoms. The molecule has 57 heavy (non-hydrogen) atoms. The Morgan fingerprint density at radius 2 is 1.23 bits per heavy atom. The van der Waals surface area contributed by atoms with Crippen molar-refractivity contribution in [2.24, 2.45) is 0 Å². The lowest BCUT2D eigenvalue weighted by molar-refractivity contribution is -0.357. The van der Waals surface area contributed by atoms with E-state index in [9.17, 15) is 71.2 Å². The molecule has 3 aliphatic heterocycles. The van der Waals surface area contributed by atoms with Crippen LogP contribution in [0.3, 0.4) is 0 Å². The van der Waals surface area contributed by atoms with E-state index >= 15 is 0 Å². The van der Waals surface area contributed by atoms with Crippen molar-refractivity contribution in [3.05, 3.63) is 30.3 Å². The van der Waals surface area contributed by atoms with Gasteiger partial charge in [-0.2, -0.15) is 0 Å². The lowest BCUT2D eigenvalue weighted by Gasteiger charge is -2.45. The summed E-state index contributed by atoms with van der Waals surface area (Å²) in [5.74, 6) is -4.88. The van der Waals surface area contributed by atoms with Crippen LogP contribution in [0.15, 0.2) is 34.7 Å². The zero-order chi connectivity index (χ0) is 41.6. The van der Waals surface area contributed by atoms with Gasteiger partial charge in [0.1, 0.15) is 71.8 Å². The summed E-state index contributed by atoms with van der Waals surface area (Å²) in [5, 5.41) is 136. The second kappa shape index (κ2) is 16.8. The Balaban J connectivity index is 1.44. The molecule has 0 radical (unpaired) electrons. The largest absolute Gasteiger partial charge is 0.507 e. The molecule has 1 aromatic heterocycles. The number of esters is 1. The highest BCUT2D eigenvalue weighted by Gasteiger charge is 2.52. The standard InChI is InChI=1S/C35H42O22/c1-10-30(51-11(2)38)27(47)29(49)33(50-10)53-18-6-13(39)5-17-14(18)7-19(31(52-17)12-3-15(40)22(42)16(41)4-12)54-35-32(26(46)24(44)21(9-37)56-35)57-34-28(48)25(45)23(43)20(8-36)55-34/h3-7,10,20-21,23-30,32-37,43-49H,8-9H2,1-2H3,(H3-,39,40,41,42)/p+1/t10-,20+,21+,23+,24+,25-,26-,27-,28+,29+,30-,32+,33-,34-,35+/m0/s1. The van der Waals surface area contributed by atoms with E-state index in [4.69, 9.17) is 37.6 Å². The SMILES string of the molecule is CC(=O)O[C@@H]1[C@@H](O)[C@@H](O)[C@H](Oc2cc(O)cc3[o+]c(-c4cc(O)c(O)c(O)c4)c(O[C@@H]4O[C@H](CO)[C@@H](O)[C@H](O)[C@H]4O[C@@H]4O[C@H](CO)[C@@H](O)[C@H](O)[C@H]4O)cc23)O[C@H]1C. The van der Waals surface area contributed by atoms with Crippen molar-refractivity contribution in [3.8, 4) is 45.8 Å². The van der Waals surface area contributed by atoms with Gasteiger partial charge in [0.25, 0.3) is 0 Å². The maximum Gasteiger partial charge on any atom is 0.402 e. The van der Waals surface area contributed by atoms with Crippen molar-refractivity contribution >= 4 is 16.9 Å². The molecule has 3 aliphatic rings. The molecule has 15 atom stereocenters. The van der Waals surface area contributed by atoms with Crippen molar-refractivity contribution in [1.82, 2.24) is 0 Å². The zero-order valence-electron chi connectivity index (χ0n) is 29.9. The minimum Gasteiger partial charge on any atom is -0.507 e. The predicted octanol–water partition coefficient (Wildman–Crippen LogP) is -3.02. The lowest BCUT2D eigenvalue weighted by Crippen LogP contribution is -2.65. The molecule has 22 nitrogen and oxygen atoms in total. The van der Waals surface area contributed by atoms with Gasteiger partial charge in [0, 0.05) is 31.2 Å². The normalized spacial score (nSPS) is 35.8. The van der Waals surface area contributed by atoms with Crippen molar-refractivity contribution in [2.45, 2.75) is 106 Å². The van der Waals surface area contributed by atoms with E-state index in [0.29, 0.717) is 0 Å². The van der Waals surface area contributed by atoms with Gasteiger partial charge in [-0.1, -0.05) is 0 Å². The number of carbonyl (C=O) groups is 1. The fraction of sp³-hybridized carbons (Fsp3) is 0.543. The molecular weight excluding hydrogens is 772 g/mol. The molecule has 3 saturated heterocycles. The van der Waals surface area contributed by atoms with Gasteiger partial charge in [0.15, 0.2) is 35.7 Å². The average molecular weight is 816 g/mol. The lowest BCUT2D eigenvalue weighted by atomic mass is 9.97. The molecule has 0 amide bonds. The highest BCUT2D eigenvalue weighted by atomic mass is 16.8. The van der Waals surface area contributed by atoms with Gasteiger partial charge in [0.2, 0.25) is 18.3 Å². The first-order valence-electron chi connectivity index (χ1n) is 17.4. The first-order chi connectivity index (χ1) is 26.9. The summed E-state index contributed by atoms with van der Waals surface area (Å²) < 4.78 is 45.8. The topological polar surface area (TPSA) is 356 Å². The van der Waals surface area contributed by atoms with Crippen LogP contribution in [0.2, 0.25) is 0 Å². The molecule has 4 heterocycles. The number of fused-ring (bicyclic) bond motifs is 1. The first kappa shape index (κ1) is 42.2. The number of ether oxygens (including phenoxy) is 7. The van der Waals surface area contributed by atoms with Crippen LogP contribution in [0.1, 0.15) is 13.8 Å². The van der Waals surface area contributed by atoms with Gasteiger partial charge in [0.05, 0.1) is 30.9 Å². The number of hydrogen-bond donors (Lipinski definition) is 13.